The van der Waals surface area contributed by atoms with Crippen LogP contribution >= 0.6 is 0 Å². The van der Waals surface area contributed by atoms with Crippen molar-refractivity contribution in [2.24, 2.45) is 21.9 Å². The van der Waals surface area contributed by atoms with Crippen molar-refractivity contribution >= 4 is 0 Å². The molecule has 136 valence electrons. The van der Waals surface area contributed by atoms with Gasteiger partial charge in [-0.1, -0.05) is 64.5 Å². The number of nitroso groups, excluding NO2 is 1. The molecular formula is C20H39NO2. The van der Waals surface area contributed by atoms with Crippen molar-refractivity contribution in [2.45, 2.75) is 91.4 Å². The van der Waals surface area contributed by atoms with Gasteiger partial charge in [0.05, 0.1) is 6.54 Å². The van der Waals surface area contributed by atoms with Crippen molar-refractivity contribution in [3.8, 4) is 0 Å². The average molecular weight is 326 g/mol. The molecule has 0 radical (unpaired) electrons. The predicted octanol–water partition coefficient (Wildman–Crippen LogP) is 6.35. The molecule has 0 aliphatic heterocycles. The predicted molar refractivity (Wildman–Crippen MR) is 98.7 cm³/mol. The Hall–Kier alpha value is -0.440. The van der Waals surface area contributed by atoms with E-state index in [1.807, 2.05) is 7.11 Å². The summed E-state index contributed by atoms with van der Waals surface area (Å²) in [6.07, 6.45) is 13.9. The Morgan fingerprint density at radius 3 is 2.35 bits per heavy atom. The average Bonchev–Trinajstić information content (AvgIpc) is 2.50. The smallest absolute Gasteiger partial charge is 0.0864 e. The van der Waals surface area contributed by atoms with E-state index in [9.17, 15) is 4.91 Å². The van der Waals surface area contributed by atoms with E-state index in [0.29, 0.717) is 17.9 Å². The van der Waals surface area contributed by atoms with Gasteiger partial charge in [0.25, 0.3) is 0 Å². The molecule has 0 aromatic rings. The topological polar surface area (TPSA) is 38.7 Å². The standard InChI is InChI=1S/C20H39NO2/c1-5-20(13-14-23-4)12-10-8-6-7-9-11-19(3,17-21-22)15-18(2)16-20/h18H,5-17H2,1-4H3. The third-order valence-corrected chi connectivity index (χ3v) is 6.14. The van der Waals surface area contributed by atoms with Gasteiger partial charge in [0.15, 0.2) is 0 Å². The van der Waals surface area contributed by atoms with Crippen molar-refractivity contribution in [1.82, 2.24) is 0 Å². The van der Waals surface area contributed by atoms with E-state index in [1.165, 1.54) is 57.8 Å². The first-order chi connectivity index (χ1) is 11.0. The molecule has 1 aliphatic rings. The maximum atomic E-state index is 10.9. The molecular weight excluding hydrogens is 286 g/mol. The second-order valence-electron chi connectivity index (χ2n) is 8.48. The van der Waals surface area contributed by atoms with Crippen molar-refractivity contribution in [2.75, 3.05) is 20.3 Å². The van der Waals surface area contributed by atoms with E-state index in [-0.39, 0.29) is 5.41 Å². The molecule has 0 saturated heterocycles. The molecule has 0 bridgehead atoms. The van der Waals surface area contributed by atoms with Gasteiger partial charge in [0, 0.05) is 13.7 Å². The summed E-state index contributed by atoms with van der Waals surface area (Å²) in [5, 5.41) is 3.27. The number of ether oxygens (including phenoxy) is 1. The Morgan fingerprint density at radius 1 is 1.09 bits per heavy atom. The highest BCUT2D eigenvalue weighted by atomic mass is 16.5. The van der Waals surface area contributed by atoms with E-state index in [2.05, 4.69) is 25.9 Å². The molecule has 3 atom stereocenters. The molecule has 1 fully saturated rings. The van der Waals surface area contributed by atoms with Gasteiger partial charge in [-0.25, -0.2) is 0 Å². The molecule has 1 aliphatic carbocycles. The molecule has 3 unspecified atom stereocenters. The van der Waals surface area contributed by atoms with E-state index >= 15 is 0 Å². The number of nitrogens with zero attached hydrogens (tertiary/aromatic N) is 1. The van der Waals surface area contributed by atoms with Gasteiger partial charge >= 0.3 is 0 Å². The minimum absolute atomic E-state index is 0.0983. The zero-order valence-electron chi connectivity index (χ0n) is 16.0. The van der Waals surface area contributed by atoms with Crippen molar-refractivity contribution in [3.05, 3.63) is 4.91 Å². The fourth-order valence-electron chi connectivity index (χ4n) is 4.78. The fraction of sp³-hybridized carbons (Fsp3) is 1.00. The van der Waals surface area contributed by atoms with Crippen LogP contribution in [0.4, 0.5) is 0 Å². The second kappa shape index (κ2) is 10.4. The van der Waals surface area contributed by atoms with Crippen molar-refractivity contribution in [1.29, 1.82) is 0 Å². The second-order valence-corrected chi connectivity index (χ2v) is 8.48. The normalized spacial score (nSPS) is 34.3. The lowest BCUT2D eigenvalue weighted by molar-refractivity contribution is 0.0879. The minimum Gasteiger partial charge on any atom is -0.385 e. The summed E-state index contributed by atoms with van der Waals surface area (Å²) in [5.74, 6) is 0.651. The zero-order valence-corrected chi connectivity index (χ0v) is 16.0. The van der Waals surface area contributed by atoms with Crippen LogP contribution < -0.4 is 0 Å². The van der Waals surface area contributed by atoms with Crippen molar-refractivity contribution in [3.63, 3.8) is 0 Å². The van der Waals surface area contributed by atoms with Crippen molar-refractivity contribution < 1.29 is 4.74 Å². The third kappa shape index (κ3) is 7.32. The minimum atomic E-state index is 0.0983. The molecule has 0 aromatic carbocycles. The Labute approximate surface area is 143 Å². The van der Waals surface area contributed by atoms with Crippen LogP contribution in [0.2, 0.25) is 0 Å². The summed E-state index contributed by atoms with van der Waals surface area (Å²) < 4.78 is 5.40. The Kier molecular flexibility index (Phi) is 9.34. The first kappa shape index (κ1) is 20.6. The van der Waals surface area contributed by atoms with Crippen LogP contribution in [0.25, 0.3) is 0 Å². The van der Waals surface area contributed by atoms with Gasteiger partial charge in [-0.15, -0.1) is 0 Å². The fourth-order valence-corrected chi connectivity index (χ4v) is 4.78. The summed E-state index contributed by atoms with van der Waals surface area (Å²) in [6.45, 7) is 8.36. The van der Waals surface area contributed by atoms with E-state index in [4.69, 9.17) is 4.74 Å². The van der Waals surface area contributed by atoms with Crippen LogP contribution in [-0.2, 0) is 4.74 Å². The molecule has 0 amide bonds. The van der Waals surface area contributed by atoms with Gasteiger partial charge in [-0.05, 0) is 48.9 Å². The van der Waals surface area contributed by atoms with Gasteiger partial charge in [-0.2, -0.15) is 4.91 Å². The Morgan fingerprint density at radius 2 is 1.74 bits per heavy atom. The molecule has 1 saturated carbocycles. The molecule has 1 rings (SSSR count). The number of hydrogen-bond donors (Lipinski definition) is 0. The van der Waals surface area contributed by atoms with Crippen LogP contribution in [0.5, 0.6) is 0 Å². The quantitative estimate of drug-likeness (QED) is 0.533. The number of methoxy groups -OCH3 is 1. The van der Waals surface area contributed by atoms with Crippen LogP contribution in [0.15, 0.2) is 5.18 Å². The van der Waals surface area contributed by atoms with E-state index < -0.39 is 0 Å². The highest BCUT2D eigenvalue weighted by molar-refractivity contribution is 4.85. The summed E-state index contributed by atoms with van der Waals surface area (Å²) in [4.78, 5) is 10.9. The Balaban J connectivity index is 2.84. The third-order valence-electron chi connectivity index (χ3n) is 6.14. The molecule has 0 spiro atoms. The van der Waals surface area contributed by atoms with Crippen LogP contribution in [0, 0.1) is 21.7 Å². The van der Waals surface area contributed by atoms with Gasteiger partial charge in [0.2, 0.25) is 0 Å². The lowest BCUT2D eigenvalue weighted by atomic mass is 9.67. The molecule has 0 aromatic heterocycles. The van der Waals surface area contributed by atoms with E-state index in [0.717, 1.165) is 19.4 Å². The largest absolute Gasteiger partial charge is 0.385 e. The number of rotatable bonds is 6. The van der Waals surface area contributed by atoms with Crippen LogP contribution in [0.3, 0.4) is 0 Å². The lowest BCUT2D eigenvalue weighted by Gasteiger charge is -2.39. The SMILES string of the molecule is CCC1(CCOC)CCCCCCCC(C)(CN=O)CC(C)C1. The highest BCUT2D eigenvalue weighted by Gasteiger charge is 2.33. The monoisotopic (exact) mass is 325 g/mol. The summed E-state index contributed by atoms with van der Waals surface area (Å²) in [7, 11) is 1.81. The first-order valence-electron chi connectivity index (χ1n) is 9.77. The van der Waals surface area contributed by atoms with Gasteiger partial charge in [-0.3, -0.25) is 0 Å². The maximum Gasteiger partial charge on any atom is 0.0864 e. The van der Waals surface area contributed by atoms with Gasteiger partial charge in [0.1, 0.15) is 0 Å². The summed E-state index contributed by atoms with van der Waals surface area (Å²) >= 11 is 0. The molecule has 0 N–H and O–H groups in total. The zero-order chi connectivity index (χ0) is 17.2. The number of hydrogen-bond acceptors (Lipinski definition) is 3. The van der Waals surface area contributed by atoms with Gasteiger partial charge < -0.3 is 4.74 Å². The maximum absolute atomic E-state index is 10.9. The molecule has 23 heavy (non-hydrogen) atoms. The first-order valence-corrected chi connectivity index (χ1v) is 9.77. The van der Waals surface area contributed by atoms with E-state index in [1.54, 1.807) is 0 Å². The Bertz CT molecular complexity index is 334. The molecule has 3 nitrogen and oxygen atoms in total. The van der Waals surface area contributed by atoms with Crippen LogP contribution in [0.1, 0.15) is 91.4 Å². The molecule has 3 heteroatoms. The lowest BCUT2D eigenvalue weighted by Crippen LogP contribution is -2.29. The van der Waals surface area contributed by atoms with Crippen LogP contribution in [-0.4, -0.2) is 20.3 Å². The summed E-state index contributed by atoms with van der Waals surface area (Å²) in [6, 6.07) is 0. The highest BCUT2D eigenvalue weighted by Crippen LogP contribution is 2.44. The summed E-state index contributed by atoms with van der Waals surface area (Å²) in [5.41, 5.74) is 0.519. The molecule has 0 heterocycles.